The zero-order valence-electron chi connectivity index (χ0n) is 9.71. The average Bonchev–Trinajstić information content (AvgIpc) is 2.57. The number of rotatable bonds is 1. The maximum Gasteiger partial charge on any atom is 0.123 e. The van der Waals surface area contributed by atoms with Crippen LogP contribution in [0.4, 0.5) is 0 Å². The number of hydrogen-bond acceptors (Lipinski definition) is 1. The van der Waals surface area contributed by atoms with E-state index in [1.807, 2.05) is 0 Å². The molecule has 0 spiro atoms. The number of benzene rings is 1. The van der Waals surface area contributed by atoms with E-state index in [2.05, 4.69) is 39.0 Å². The summed E-state index contributed by atoms with van der Waals surface area (Å²) in [7, 11) is 0. The van der Waals surface area contributed by atoms with Crippen molar-refractivity contribution >= 4 is 6.29 Å². The molecule has 1 aliphatic carbocycles. The van der Waals surface area contributed by atoms with Crippen molar-refractivity contribution in [2.75, 3.05) is 0 Å². The van der Waals surface area contributed by atoms with E-state index >= 15 is 0 Å². The molecule has 1 unspecified atom stereocenters. The predicted molar refractivity (Wildman–Crippen MR) is 62.1 cm³/mol. The Hall–Kier alpha value is -1.11. The Balaban J connectivity index is 2.34. The zero-order chi connectivity index (χ0) is 11.1. The SMILES string of the molecule is CC(C)(C)c1ccc2c(c1)CC(C=O)C2. The second-order valence-electron chi connectivity index (χ2n) is 5.54. The first-order valence-corrected chi connectivity index (χ1v) is 5.58. The molecular weight excluding hydrogens is 184 g/mol. The minimum atomic E-state index is 0.203. The number of fused-ring (bicyclic) bond motifs is 1. The van der Waals surface area contributed by atoms with Crippen LogP contribution in [0.15, 0.2) is 18.2 Å². The molecule has 1 heteroatoms. The molecule has 0 aromatic heterocycles. The van der Waals surface area contributed by atoms with Crippen molar-refractivity contribution in [1.29, 1.82) is 0 Å². The first-order valence-electron chi connectivity index (χ1n) is 5.58. The van der Waals surface area contributed by atoms with Gasteiger partial charge in [-0.25, -0.2) is 0 Å². The van der Waals surface area contributed by atoms with Crippen LogP contribution >= 0.6 is 0 Å². The highest BCUT2D eigenvalue weighted by Crippen LogP contribution is 2.30. The second-order valence-corrected chi connectivity index (χ2v) is 5.54. The van der Waals surface area contributed by atoms with Crippen LogP contribution < -0.4 is 0 Å². The van der Waals surface area contributed by atoms with E-state index in [-0.39, 0.29) is 11.3 Å². The lowest BCUT2D eigenvalue weighted by atomic mass is 9.85. The normalized spacial score (nSPS) is 20.1. The predicted octanol–water partition coefficient (Wildman–Crippen LogP) is 2.90. The van der Waals surface area contributed by atoms with E-state index in [0.717, 1.165) is 19.1 Å². The summed E-state index contributed by atoms with van der Waals surface area (Å²) < 4.78 is 0. The third kappa shape index (κ3) is 1.97. The lowest BCUT2D eigenvalue weighted by Gasteiger charge is -2.19. The molecule has 0 heterocycles. The molecule has 1 atom stereocenters. The third-order valence-electron chi connectivity index (χ3n) is 3.23. The Morgan fingerprint density at radius 1 is 1.20 bits per heavy atom. The number of hydrogen-bond donors (Lipinski definition) is 0. The lowest BCUT2D eigenvalue weighted by molar-refractivity contribution is -0.110. The summed E-state index contributed by atoms with van der Waals surface area (Å²) in [6.45, 7) is 6.67. The first kappa shape index (κ1) is 10.4. The molecule has 2 rings (SSSR count). The van der Waals surface area contributed by atoms with E-state index in [9.17, 15) is 4.79 Å². The standard InChI is InChI=1S/C14H18O/c1-14(2,3)13-5-4-11-6-10(9-15)7-12(11)8-13/h4-5,8-10H,6-7H2,1-3H3. The topological polar surface area (TPSA) is 17.1 Å². The van der Waals surface area contributed by atoms with Crippen molar-refractivity contribution in [2.24, 2.45) is 5.92 Å². The van der Waals surface area contributed by atoms with Crippen LogP contribution in [0.1, 0.15) is 37.5 Å². The monoisotopic (exact) mass is 202 g/mol. The van der Waals surface area contributed by atoms with E-state index in [1.165, 1.54) is 16.7 Å². The summed E-state index contributed by atoms with van der Waals surface area (Å²) >= 11 is 0. The molecule has 0 radical (unpaired) electrons. The Bertz CT molecular complexity index is 385. The van der Waals surface area contributed by atoms with Crippen molar-refractivity contribution in [1.82, 2.24) is 0 Å². The summed E-state index contributed by atoms with van der Waals surface area (Å²) in [4.78, 5) is 10.8. The number of aldehydes is 1. The molecule has 0 N–H and O–H groups in total. The maximum absolute atomic E-state index is 10.8. The molecule has 0 bridgehead atoms. The molecule has 1 aromatic carbocycles. The van der Waals surface area contributed by atoms with Gasteiger partial charge < -0.3 is 4.79 Å². The van der Waals surface area contributed by atoms with Crippen LogP contribution in [0.2, 0.25) is 0 Å². The Morgan fingerprint density at radius 3 is 2.47 bits per heavy atom. The van der Waals surface area contributed by atoms with Gasteiger partial charge in [-0.1, -0.05) is 39.0 Å². The average molecular weight is 202 g/mol. The largest absolute Gasteiger partial charge is 0.303 e. The zero-order valence-corrected chi connectivity index (χ0v) is 9.71. The fourth-order valence-electron chi connectivity index (χ4n) is 2.21. The van der Waals surface area contributed by atoms with Crippen LogP contribution in [0, 0.1) is 5.92 Å². The fourth-order valence-corrected chi connectivity index (χ4v) is 2.21. The van der Waals surface area contributed by atoms with Crippen molar-refractivity contribution < 1.29 is 4.79 Å². The van der Waals surface area contributed by atoms with Crippen LogP contribution in [0.5, 0.6) is 0 Å². The molecule has 1 aromatic rings. The van der Waals surface area contributed by atoms with Crippen LogP contribution in [0.3, 0.4) is 0 Å². The van der Waals surface area contributed by atoms with Crippen LogP contribution in [0.25, 0.3) is 0 Å². The highest BCUT2D eigenvalue weighted by molar-refractivity contribution is 5.58. The van der Waals surface area contributed by atoms with Gasteiger partial charge in [0.05, 0.1) is 0 Å². The summed E-state index contributed by atoms with van der Waals surface area (Å²) in [6.07, 6.45) is 2.96. The highest BCUT2D eigenvalue weighted by atomic mass is 16.1. The second kappa shape index (κ2) is 3.48. The van der Waals surface area contributed by atoms with Gasteiger partial charge in [-0.15, -0.1) is 0 Å². The molecule has 0 fully saturated rings. The Morgan fingerprint density at radius 2 is 1.87 bits per heavy atom. The van der Waals surface area contributed by atoms with Crippen molar-refractivity contribution in [3.63, 3.8) is 0 Å². The van der Waals surface area contributed by atoms with Crippen LogP contribution in [-0.2, 0) is 23.1 Å². The van der Waals surface area contributed by atoms with Gasteiger partial charge in [-0.2, -0.15) is 0 Å². The summed E-state index contributed by atoms with van der Waals surface area (Å²) in [5.41, 5.74) is 4.31. The van der Waals surface area contributed by atoms with Crippen molar-refractivity contribution in [3.05, 3.63) is 34.9 Å². The van der Waals surface area contributed by atoms with Gasteiger partial charge in [-0.05, 0) is 34.9 Å². The molecule has 0 saturated heterocycles. The van der Waals surface area contributed by atoms with Gasteiger partial charge in [0.1, 0.15) is 6.29 Å². The van der Waals surface area contributed by atoms with E-state index in [1.54, 1.807) is 0 Å². The molecule has 15 heavy (non-hydrogen) atoms. The Labute approximate surface area is 91.5 Å². The molecule has 80 valence electrons. The molecular formula is C14H18O. The summed E-state index contributed by atoms with van der Waals surface area (Å²) in [6, 6.07) is 6.67. The minimum Gasteiger partial charge on any atom is -0.303 e. The van der Waals surface area contributed by atoms with E-state index in [4.69, 9.17) is 0 Å². The molecule has 1 nitrogen and oxygen atoms in total. The smallest absolute Gasteiger partial charge is 0.123 e. The van der Waals surface area contributed by atoms with Gasteiger partial charge in [-0.3, -0.25) is 0 Å². The third-order valence-corrected chi connectivity index (χ3v) is 3.23. The number of carbonyl (C=O) groups is 1. The molecule has 0 saturated carbocycles. The fraction of sp³-hybridized carbons (Fsp3) is 0.500. The lowest BCUT2D eigenvalue weighted by Crippen LogP contribution is -2.11. The first-order chi connectivity index (χ1) is 7.00. The molecule has 0 aliphatic heterocycles. The quantitative estimate of drug-likeness (QED) is 0.640. The highest BCUT2D eigenvalue weighted by Gasteiger charge is 2.23. The summed E-state index contributed by atoms with van der Waals surface area (Å²) in [5.74, 6) is 0.218. The van der Waals surface area contributed by atoms with Gasteiger partial charge in [0, 0.05) is 5.92 Å². The van der Waals surface area contributed by atoms with E-state index < -0.39 is 0 Å². The van der Waals surface area contributed by atoms with Gasteiger partial charge in [0.25, 0.3) is 0 Å². The summed E-state index contributed by atoms with van der Waals surface area (Å²) in [5, 5.41) is 0. The maximum atomic E-state index is 10.8. The van der Waals surface area contributed by atoms with Crippen LogP contribution in [-0.4, -0.2) is 6.29 Å². The Kier molecular flexibility index (Phi) is 2.41. The van der Waals surface area contributed by atoms with Gasteiger partial charge in [0.15, 0.2) is 0 Å². The number of carbonyl (C=O) groups excluding carboxylic acids is 1. The van der Waals surface area contributed by atoms with Crippen molar-refractivity contribution in [3.8, 4) is 0 Å². The van der Waals surface area contributed by atoms with E-state index in [0.29, 0.717) is 0 Å². The van der Waals surface area contributed by atoms with Gasteiger partial charge >= 0.3 is 0 Å². The minimum absolute atomic E-state index is 0.203. The van der Waals surface area contributed by atoms with Gasteiger partial charge in [0.2, 0.25) is 0 Å². The van der Waals surface area contributed by atoms with Crippen molar-refractivity contribution in [2.45, 2.75) is 39.0 Å². The molecule has 1 aliphatic rings. The molecule has 0 amide bonds.